The minimum atomic E-state index is 0.0121. The number of carbonyl (C=O) groups excluding carboxylic acids is 1. The Morgan fingerprint density at radius 2 is 2.31 bits per heavy atom. The zero-order chi connectivity index (χ0) is 12.0. The maximum Gasteiger partial charge on any atom is 0.216 e. The number of methoxy groups -OCH3 is 1. The molecule has 3 nitrogen and oxygen atoms in total. The van der Waals surface area contributed by atoms with Crippen molar-refractivity contribution >= 4 is 17.7 Å². The fourth-order valence-electron chi connectivity index (χ4n) is 1.24. The van der Waals surface area contributed by atoms with Crippen molar-refractivity contribution in [1.29, 1.82) is 0 Å². The lowest BCUT2D eigenvalue weighted by atomic mass is 10.3. The van der Waals surface area contributed by atoms with E-state index in [0.29, 0.717) is 11.8 Å². The van der Waals surface area contributed by atoms with Crippen molar-refractivity contribution in [1.82, 2.24) is 5.32 Å². The minimum Gasteiger partial charge on any atom is -0.497 e. The van der Waals surface area contributed by atoms with Crippen LogP contribution in [0, 0.1) is 0 Å². The molecule has 0 saturated carbocycles. The molecule has 0 spiro atoms. The molecular formula is C12H17NO2S. The molecule has 88 valence electrons. The molecule has 0 aliphatic carbocycles. The number of hydrogen-bond donors (Lipinski definition) is 1. The predicted molar refractivity (Wildman–Crippen MR) is 67.0 cm³/mol. The van der Waals surface area contributed by atoms with Crippen LogP contribution in [-0.2, 0) is 4.79 Å². The van der Waals surface area contributed by atoms with Gasteiger partial charge in [0.25, 0.3) is 0 Å². The highest BCUT2D eigenvalue weighted by atomic mass is 32.2. The maximum atomic E-state index is 10.8. The summed E-state index contributed by atoms with van der Waals surface area (Å²) in [6, 6.07) is 7.92. The third-order valence-corrected chi connectivity index (χ3v) is 3.11. The first-order valence-corrected chi connectivity index (χ1v) is 6.05. The number of amides is 1. The molecule has 1 aromatic carbocycles. The molecule has 1 rings (SSSR count). The van der Waals surface area contributed by atoms with Gasteiger partial charge in [0.1, 0.15) is 5.75 Å². The number of thioether (sulfide) groups is 1. The average molecular weight is 239 g/mol. The van der Waals surface area contributed by atoms with E-state index in [1.54, 1.807) is 18.9 Å². The largest absolute Gasteiger partial charge is 0.497 e. The highest BCUT2D eigenvalue weighted by Crippen LogP contribution is 2.26. The number of rotatable bonds is 5. The lowest BCUT2D eigenvalue weighted by molar-refractivity contribution is -0.118. The number of carbonyl (C=O) groups is 1. The Labute approximate surface area is 101 Å². The van der Waals surface area contributed by atoms with Gasteiger partial charge in [-0.25, -0.2) is 0 Å². The number of nitrogens with one attached hydrogen (secondary N) is 1. The molecule has 0 saturated heterocycles. The van der Waals surface area contributed by atoms with Gasteiger partial charge in [0.05, 0.1) is 7.11 Å². The van der Waals surface area contributed by atoms with Crippen molar-refractivity contribution in [3.63, 3.8) is 0 Å². The van der Waals surface area contributed by atoms with E-state index in [-0.39, 0.29) is 5.91 Å². The molecule has 0 aliphatic rings. The Morgan fingerprint density at radius 1 is 1.56 bits per heavy atom. The van der Waals surface area contributed by atoms with Gasteiger partial charge >= 0.3 is 0 Å². The van der Waals surface area contributed by atoms with E-state index < -0.39 is 0 Å². The van der Waals surface area contributed by atoms with Crippen LogP contribution in [0.5, 0.6) is 5.75 Å². The first-order chi connectivity index (χ1) is 7.61. The number of ether oxygens (including phenoxy) is 1. The molecule has 1 atom stereocenters. The lowest BCUT2D eigenvalue weighted by Gasteiger charge is -2.12. The first-order valence-electron chi connectivity index (χ1n) is 5.17. The standard InChI is InChI=1S/C12H17NO2S/c1-9(8-13-10(2)14)16-12-6-4-5-11(7-12)15-3/h4-7,9H,8H2,1-3H3,(H,13,14)/t9-/m0/s1. The molecule has 1 aromatic rings. The van der Waals surface area contributed by atoms with Crippen molar-refractivity contribution in [2.45, 2.75) is 24.0 Å². The smallest absolute Gasteiger partial charge is 0.216 e. The maximum absolute atomic E-state index is 10.8. The molecule has 0 heterocycles. The van der Waals surface area contributed by atoms with Crippen LogP contribution in [0.3, 0.4) is 0 Å². The van der Waals surface area contributed by atoms with Crippen molar-refractivity contribution in [2.75, 3.05) is 13.7 Å². The highest BCUT2D eigenvalue weighted by Gasteiger charge is 2.05. The third kappa shape index (κ3) is 4.57. The molecule has 0 fully saturated rings. The summed E-state index contributed by atoms with van der Waals surface area (Å²) in [4.78, 5) is 11.9. The minimum absolute atomic E-state index is 0.0121. The van der Waals surface area contributed by atoms with Crippen LogP contribution in [-0.4, -0.2) is 24.8 Å². The Kier molecular flexibility index (Phi) is 5.19. The van der Waals surface area contributed by atoms with Crippen LogP contribution in [0.1, 0.15) is 13.8 Å². The summed E-state index contributed by atoms with van der Waals surface area (Å²) in [7, 11) is 1.66. The molecular weight excluding hydrogens is 222 g/mol. The predicted octanol–water partition coefficient (Wildman–Crippen LogP) is 2.31. The second kappa shape index (κ2) is 6.43. The van der Waals surface area contributed by atoms with E-state index >= 15 is 0 Å². The van der Waals surface area contributed by atoms with Gasteiger partial charge in [-0.1, -0.05) is 13.0 Å². The Bertz CT molecular complexity index is 355. The topological polar surface area (TPSA) is 38.3 Å². The zero-order valence-corrected chi connectivity index (χ0v) is 10.6. The van der Waals surface area contributed by atoms with Crippen LogP contribution < -0.4 is 10.1 Å². The van der Waals surface area contributed by atoms with Crippen molar-refractivity contribution in [2.24, 2.45) is 0 Å². The van der Waals surface area contributed by atoms with Gasteiger partial charge in [0, 0.05) is 23.6 Å². The van der Waals surface area contributed by atoms with Crippen LogP contribution in [0.15, 0.2) is 29.2 Å². The van der Waals surface area contributed by atoms with Crippen LogP contribution in [0.25, 0.3) is 0 Å². The molecule has 16 heavy (non-hydrogen) atoms. The monoisotopic (exact) mass is 239 g/mol. The van der Waals surface area contributed by atoms with Gasteiger partial charge in [-0.2, -0.15) is 0 Å². The second-order valence-electron chi connectivity index (χ2n) is 3.54. The molecule has 1 amide bonds. The Hall–Kier alpha value is -1.16. The van der Waals surface area contributed by atoms with Crippen molar-refractivity contribution < 1.29 is 9.53 Å². The summed E-state index contributed by atoms with van der Waals surface area (Å²) in [6.45, 7) is 4.29. The van der Waals surface area contributed by atoms with Gasteiger partial charge in [-0.05, 0) is 18.2 Å². The average Bonchev–Trinajstić information content (AvgIpc) is 2.26. The van der Waals surface area contributed by atoms with E-state index in [9.17, 15) is 4.79 Å². The lowest BCUT2D eigenvalue weighted by Crippen LogP contribution is -2.26. The zero-order valence-electron chi connectivity index (χ0n) is 9.82. The summed E-state index contributed by atoms with van der Waals surface area (Å²) in [5.74, 6) is 0.870. The van der Waals surface area contributed by atoms with Crippen LogP contribution >= 0.6 is 11.8 Å². The summed E-state index contributed by atoms with van der Waals surface area (Å²) in [5.41, 5.74) is 0. The molecule has 1 N–H and O–H groups in total. The summed E-state index contributed by atoms with van der Waals surface area (Å²) in [5, 5.41) is 3.15. The van der Waals surface area contributed by atoms with Gasteiger partial charge in [0.2, 0.25) is 5.91 Å². The Morgan fingerprint density at radius 3 is 2.94 bits per heavy atom. The number of hydrogen-bond acceptors (Lipinski definition) is 3. The quantitative estimate of drug-likeness (QED) is 0.801. The van der Waals surface area contributed by atoms with Crippen molar-refractivity contribution in [3.05, 3.63) is 24.3 Å². The summed E-state index contributed by atoms with van der Waals surface area (Å²) < 4.78 is 5.15. The van der Waals surface area contributed by atoms with Gasteiger partial charge in [-0.3, -0.25) is 4.79 Å². The fraction of sp³-hybridized carbons (Fsp3) is 0.417. The molecule has 4 heteroatoms. The number of benzene rings is 1. The summed E-state index contributed by atoms with van der Waals surface area (Å²) >= 11 is 1.72. The Balaban J connectivity index is 2.48. The van der Waals surface area contributed by atoms with Gasteiger partial charge < -0.3 is 10.1 Å². The normalized spacial score (nSPS) is 11.9. The fourth-order valence-corrected chi connectivity index (χ4v) is 2.21. The molecule has 0 aliphatic heterocycles. The van der Waals surface area contributed by atoms with Crippen LogP contribution in [0.4, 0.5) is 0 Å². The second-order valence-corrected chi connectivity index (χ2v) is 5.06. The molecule has 0 bridgehead atoms. The molecule has 0 radical (unpaired) electrons. The molecule has 0 aromatic heterocycles. The van der Waals surface area contributed by atoms with E-state index in [1.807, 2.05) is 24.3 Å². The first kappa shape index (κ1) is 12.9. The molecule has 0 unspecified atom stereocenters. The SMILES string of the molecule is COc1cccc(S[C@@H](C)CNC(C)=O)c1. The third-order valence-electron chi connectivity index (χ3n) is 2.02. The van der Waals surface area contributed by atoms with Crippen molar-refractivity contribution in [3.8, 4) is 5.75 Å². The van der Waals surface area contributed by atoms with Gasteiger partial charge in [-0.15, -0.1) is 11.8 Å². The van der Waals surface area contributed by atoms with E-state index in [0.717, 1.165) is 10.6 Å². The summed E-state index contributed by atoms with van der Waals surface area (Å²) in [6.07, 6.45) is 0. The van der Waals surface area contributed by atoms with Crippen LogP contribution in [0.2, 0.25) is 0 Å². The van der Waals surface area contributed by atoms with E-state index in [1.165, 1.54) is 6.92 Å². The van der Waals surface area contributed by atoms with Gasteiger partial charge in [0.15, 0.2) is 0 Å². The van der Waals surface area contributed by atoms with E-state index in [2.05, 4.69) is 12.2 Å². The highest BCUT2D eigenvalue weighted by molar-refractivity contribution is 8.00. The van der Waals surface area contributed by atoms with E-state index in [4.69, 9.17) is 4.74 Å².